The second-order valence-electron chi connectivity index (χ2n) is 5.33. The molecule has 2 heteroatoms. The van der Waals surface area contributed by atoms with Crippen LogP contribution in [0.2, 0.25) is 11.1 Å². The van der Waals surface area contributed by atoms with Gasteiger partial charge in [0.15, 0.2) is 0 Å². The molecular weight excluding hydrogens is 212 g/mol. The summed E-state index contributed by atoms with van der Waals surface area (Å²) in [6, 6.07) is 10.4. The Balaban J connectivity index is 3.06. The van der Waals surface area contributed by atoms with E-state index in [1.807, 2.05) is 6.07 Å². The third-order valence-electron chi connectivity index (χ3n) is 3.84. The monoisotopic (exact) mass is 236 g/mol. The molecule has 0 fully saturated rings. The van der Waals surface area contributed by atoms with Crippen LogP contribution >= 0.6 is 0 Å². The van der Waals surface area contributed by atoms with Crippen molar-refractivity contribution in [1.82, 2.24) is 0 Å². The van der Waals surface area contributed by atoms with Crippen LogP contribution in [0.3, 0.4) is 0 Å². The minimum atomic E-state index is -2.25. The molecule has 16 heavy (non-hydrogen) atoms. The number of hydrogen-bond acceptors (Lipinski definition) is 1. The van der Waals surface area contributed by atoms with Crippen molar-refractivity contribution in [3.05, 3.63) is 35.9 Å². The molecule has 1 nitrogen and oxygen atoms in total. The number of rotatable bonds is 4. The fraction of sp³-hybridized carbons (Fsp3) is 0.571. The molecule has 1 unspecified atom stereocenters. The third kappa shape index (κ3) is 2.38. The molecule has 1 atom stereocenters. The van der Waals surface area contributed by atoms with Crippen LogP contribution in [0, 0.1) is 0 Å². The highest BCUT2D eigenvalue weighted by molar-refractivity contribution is 6.76. The Morgan fingerprint density at radius 3 is 1.69 bits per heavy atom. The highest BCUT2D eigenvalue weighted by Gasteiger charge is 2.44. The van der Waals surface area contributed by atoms with Crippen molar-refractivity contribution in [2.24, 2.45) is 0 Å². The first-order valence-corrected chi connectivity index (χ1v) is 8.36. The van der Waals surface area contributed by atoms with Crippen LogP contribution < -0.4 is 0 Å². The van der Waals surface area contributed by atoms with Crippen molar-refractivity contribution >= 4 is 8.32 Å². The first-order valence-electron chi connectivity index (χ1n) is 6.18. The van der Waals surface area contributed by atoms with Gasteiger partial charge in [-0.15, -0.1) is 0 Å². The number of benzene rings is 1. The van der Waals surface area contributed by atoms with Gasteiger partial charge in [-0.2, -0.15) is 0 Å². The van der Waals surface area contributed by atoms with Gasteiger partial charge in [0.1, 0.15) is 0 Å². The van der Waals surface area contributed by atoms with Crippen LogP contribution in [0.5, 0.6) is 0 Å². The average Bonchev–Trinajstić information content (AvgIpc) is 2.27. The maximum absolute atomic E-state index is 11.0. The van der Waals surface area contributed by atoms with Gasteiger partial charge in [-0.25, -0.2) is 0 Å². The molecule has 0 heterocycles. The molecule has 1 rings (SSSR count). The second-order valence-corrected chi connectivity index (χ2v) is 10.3. The van der Waals surface area contributed by atoms with E-state index in [1.54, 1.807) is 0 Å². The maximum Gasteiger partial charge on any atom is 0.200 e. The standard InChI is InChI=1S/C14H24OSi/c1-11(2)16(15,12(3)4)13(5)14-9-7-6-8-10-14/h6-13,15H,1-5H3. The highest BCUT2D eigenvalue weighted by Crippen LogP contribution is 2.40. The van der Waals surface area contributed by atoms with Crippen molar-refractivity contribution in [2.45, 2.75) is 51.2 Å². The van der Waals surface area contributed by atoms with Crippen molar-refractivity contribution in [1.29, 1.82) is 0 Å². The predicted octanol–water partition coefficient (Wildman–Crippen LogP) is 4.09. The zero-order valence-corrected chi connectivity index (χ0v) is 12.1. The molecule has 0 aliphatic heterocycles. The lowest BCUT2D eigenvalue weighted by Gasteiger charge is -2.38. The molecule has 0 saturated carbocycles. The van der Waals surface area contributed by atoms with Crippen molar-refractivity contribution < 1.29 is 4.80 Å². The molecule has 0 bridgehead atoms. The van der Waals surface area contributed by atoms with Crippen LogP contribution in [-0.4, -0.2) is 13.1 Å². The Labute approximate surface area is 101 Å². The van der Waals surface area contributed by atoms with Gasteiger partial charge < -0.3 is 4.80 Å². The summed E-state index contributed by atoms with van der Waals surface area (Å²) in [5.41, 5.74) is 2.36. The topological polar surface area (TPSA) is 20.2 Å². The SMILES string of the molecule is CC(C)[Si](O)(C(C)C)C(C)c1ccccc1. The minimum Gasteiger partial charge on any atom is -0.431 e. The quantitative estimate of drug-likeness (QED) is 0.781. The second kappa shape index (κ2) is 5.15. The summed E-state index contributed by atoms with van der Waals surface area (Å²) in [6.45, 7) is 10.8. The molecule has 0 radical (unpaired) electrons. The highest BCUT2D eigenvalue weighted by atomic mass is 28.4. The molecule has 1 aromatic rings. The van der Waals surface area contributed by atoms with Gasteiger partial charge in [-0.05, 0) is 16.6 Å². The van der Waals surface area contributed by atoms with E-state index >= 15 is 0 Å². The Kier molecular flexibility index (Phi) is 4.33. The average molecular weight is 236 g/mol. The molecule has 0 aliphatic carbocycles. The van der Waals surface area contributed by atoms with Crippen molar-refractivity contribution in [3.63, 3.8) is 0 Å². The van der Waals surface area contributed by atoms with E-state index in [9.17, 15) is 4.80 Å². The maximum atomic E-state index is 11.0. The Hall–Kier alpha value is -0.603. The molecule has 0 spiro atoms. The molecule has 1 N–H and O–H groups in total. The van der Waals surface area contributed by atoms with Crippen LogP contribution in [-0.2, 0) is 0 Å². The summed E-state index contributed by atoms with van der Waals surface area (Å²) in [7, 11) is -2.25. The summed E-state index contributed by atoms with van der Waals surface area (Å²) < 4.78 is 0. The van der Waals surface area contributed by atoms with E-state index in [0.29, 0.717) is 16.6 Å². The zero-order valence-electron chi connectivity index (χ0n) is 11.1. The fourth-order valence-corrected chi connectivity index (χ4v) is 6.74. The molecule has 1 aromatic carbocycles. The van der Waals surface area contributed by atoms with Crippen molar-refractivity contribution in [3.8, 4) is 0 Å². The van der Waals surface area contributed by atoms with Gasteiger partial charge >= 0.3 is 0 Å². The molecule has 90 valence electrons. The fourth-order valence-electron chi connectivity index (χ4n) is 2.68. The summed E-state index contributed by atoms with van der Waals surface area (Å²) in [5, 5.41) is 0. The third-order valence-corrected chi connectivity index (χ3v) is 9.26. The summed E-state index contributed by atoms with van der Waals surface area (Å²) in [5.74, 6) is 0. The van der Waals surface area contributed by atoms with E-state index in [0.717, 1.165) is 0 Å². The largest absolute Gasteiger partial charge is 0.431 e. The summed E-state index contributed by atoms with van der Waals surface area (Å²) in [4.78, 5) is 11.0. The van der Waals surface area contributed by atoms with Crippen LogP contribution in [0.25, 0.3) is 0 Å². The van der Waals surface area contributed by atoms with Gasteiger partial charge in [0.2, 0.25) is 8.32 Å². The van der Waals surface area contributed by atoms with E-state index in [2.05, 4.69) is 58.9 Å². The first kappa shape index (κ1) is 13.5. The van der Waals surface area contributed by atoms with Gasteiger partial charge in [0.25, 0.3) is 0 Å². The first-order chi connectivity index (χ1) is 7.40. The van der Waals surface area contributed by atoms with E-state index < -0.39 is 8.32 Å². The Morgan fingerprint density at radius 1 is 0.875 bits per heavy atom. The lowest BCUT2D eigenvalue weighted by Crippen LogP contribution is -2.47. The summed E-state index contributed by atoms with van der Waals surface area (Å²) in [6.07, 6.45) is 0. The smallest absolute Gasteiger partial charge is 0.200 e. The Bertz CT molecular complexity index is 311. The van der Waals surface area contributed by atoms with E-state index in [1.165, 1.54) is 5.56 Å². The molecule has 0 amide bonds. The van der Waals surface area contributed by atoms with Crippen molar-refractivity contribution in [2.75, 3.05) is 0 Å². The lowest BCUT2D eigenvalue weighted by atomic mass is 10.2. The normalized spacial score (nSPS) is 14.5. The summed E-state index contributed by atoms with van der Waals surface area (Å²) >= 11 is 0. The zero-order chi connectivity index (χ0) is 12.3. The molecule has 0 aliphatic rings. The molecule has 0 saturated heterocycles. The lowest BCUT2D eigenvalue weighted by molar-refractivity contribution is 0.473. The minimum absolute atomic E-state index is 0.300. The molecule has 0 aromatic heterocycles. The van der Waals surface area contributed by atoms with Gasteiger partial charge in [0, 0.05) is 5.54 Å². The van der Waals surface area contributed by atoms with Gasteiger partial charge in [0.05, 0.1) is 0 Å². The molecular formula is C14H24OSi. The van der Waals surface area contributed by atoms with E-state index in [-0.39, 0.29) is 0 Å². The Morgan fingerprint density at radius 2 is 1.31 bits per heavy atom. The van der Waals surface area contributed by atoms with Gasteiger partial charge in [-0.1, -0.05) is 65.0 Å². The van der Waals surface area contributed by atoms with Crippen LogP contribution in [0.4, 0.5) is 0 Å². The van der Waals surface area contributed by atoms with Crippen LogP contribution in [0.15, 0.2) is 30.3 Å². The number of hydrogen-bond donors (Lipinski definition) is 1. The van der Waals surface area contributed by atoms with E-state index in [4.69, 9.17) is 0 Å². The predicted molar refractivity (Wildman–Crippen MR) is 73.0 cm³/mol. The van der Waals surface area contributed by atoms with Gasteiger partial charge in [-0.3, -0.25) is 0 Å². The van der Waals surface area contributed by atoms with Crippen LogP contribution in [0.1, 0.15) is 45.7 Å².